The van der Waals surface area contributed by atoms with Gasteiger partial charge in [-0.2, -0.15) is 5.10 Å². The smallest absolute Gasteiger partial charge is 0.400 e. The van der Waals surface area contributed by atoms with Crippen molar-refractivity contribution in [2.45, 2.75) is 20.3 Å². The Morgan fingerprint density at radius 3 is 2.77 bits per heavy atom. The molecule has 2 N–H and O–H groups in total. The molecule has 122 valence electrons. The van der Waals surface area contributed by atoms with E-state index < -0.39 is 11.0 Å². The lowest BCUT2D eigenvalue weighted by Gasteiger charge is -2.17. The number of urea groups is 1. The van der Waals surface area contributed by atoms with Crippen LogP contribution in [0.15, 0.2) is 21.7 Å². The zero-order chi connectivity index (χ0) is 16.4. The number of nitrogens with one attached hydrogen (secondary N) is 2. The van der Waals surface area contributed by atoms with Gasteiger partial charge in [-0.1, -0.05) is 13.8 Å². The van der Waals surface area contributed by atoms with E-state index in [1.165, 1.54) is 18.3 Å². The van der Waals surface area contributed by atoms with Crippen LogP contribution in [0.5, 0.6) is 0 Å². The third-order valence-electron chi connectivity index (χ3n) is 2.98. The molecular weight excluding hydrogens is 290 g/mol. The number of amides is 2. The highest BCUT2D eigenvalue weighted by atomic mass is 16.6. The Morgan fingerprint density at radius 1 is 1.45 bits per heavy atom. The molecule has 0 fully saturated rings. The van der Waals surface area contributed by atoms with Gasteiger partial charge in [0.1, 0.15) is 4.92 Å². The topological polar surface area (TPSA) is 113 Å². The van der Waals surface area contributed by atoms with Crippen LogP contribution in [0.4, 0.5) is 10.7 Å². The average Bonchev–Trinajstić information content (AvgIpc) is 2.96. The molecule has 0 bridgehead atoms. The van der Waals surface area contributed by atoms with E-state index >= 15 is 0 Å². The minimum Gasteiger partial charge on any atom is -0.400 e. The zero-order valence-electron chi connectivity index (χ0n) is 12.7. The second-order valence-corrected chi connectivity index (χ2v) is 4.44. The summed E-state index contributed by atoms with van der Waals surface area (Å²) in [5, 5.41) is 16.7. The van der Waals surface area contributed by atoms with Gasteiger partial charge in [0.25, 0.3) is 0 Å². The summed E-state index contributed by atoms with van der Waals surface area (Å²) in [6.45, 7) is 7.63. The third-order valence-corrected chi connectivity index (χ3v) is 2.98. The summed E-state index contributed by atoms with van der Waals surface area (Å²) in [4.78, 5) is 23.5. The van der Waals surface area contributed by atoms with E-state index in [-0.39, 0.29) is 11.6 Å². The maximum absolute atomic E-state index is 11.4. The van der Waals surface area contributed by atoms with Crippen LogP contribution in [0.1, 0.15) is 26.0 Å². The molecule has 1 rings (SSSR count). The molecule has 0 saturated carbocycles. The molecule has 0 unspecified atom stereocenters. The molecule has 0 aliphatic rings. The molecule has 0 aliphatic carbocycles. The second kappa shape index (κ2) is 9.50. The second-order valence-electron chi connectivity index (χ2n) is 4.44. The summed E-state index contributed by atoms with van der Waals surface area (Å²) in [6.07, 6.45) is 2.05. The van der Waals surface area contributed by atoms with Crippen molar-refractivity contribution in [1.82, 2.24) is 15.6 Å². The fourth-order valence-corrected chi connectivity index (χ4v) is 1.75. The van der Waals surface area contributed by atoms with Crippen molar-refractivity contribution in [2.75, 3.05) is 26.2 Å². The van der Waals surface area contributed by atoms with Gasteiger partial charge in [0.2, 0.25) is 0 Å². The van der Waals surface area contributed by atoms with Crippen molar-refractivity contribution < 1.29 is 14.1 Å². The van der Waals surface area contributed by atoms with Gasteiger partial charge in [0, 0.05) is 6.54 Å². The summed E-state index contributed by atoms with van der Waals surface area (Å²) in [5.41, 5.74) is 2.26. The quantitative estimate of drug-likeness (QED) is 0.311. The van der Waals surface area contributed by atoms with E-state index in [0.29, 0.717) is 6.54 Å². The first-order valence-electron chi connectivity index (χ1n) is 7.10. The van der Waals surface area contributed by atoms with E-state index in [9.17, 15) is 14.9 Å². The van der Waals surface area contributed by atoms with Crippen LogP contribution in [-0.4, -0.2) is 48.2 Å². The lowest BCUT2D eigenvalue weighted by Crippen LogP contribution is -2.34. The molecule has 0 saturated heterocycles. The third kappa shape index (κ3) is 6.35. The predicted molar refractivity (Wildman–Crippen MR) is 81.9 cm³/mol. The molecule has 22 heavy (non-hydrogen) atoms. The minimum absolute atomic E-state index is 0.188. The lowest BCUT2D eigenvalue weighted by molar-refractivity contribution is -0.402. The first-order chi connectivity index (χ1) is 10.6. The largest absolute Gasteiger partial charge is 0.433 e. The molecule has 0 aliphatic heterocycles. The van der Waals surface area contributed by atoms with Crippen molar-refractivity contribution in [3.05, 3.63) is 28.0 Å². The Balaban J connectivity index is 2.22. The molecule has 9 heteroatoms. The SMILES string of the molecule is CCN(CC)CCCNC(=O)NN=Cc1ccc([N+](=O)[O-])o1. The van der Waals surface area contributed by atoms with E-state index in [4.69, 9.17) is 4.42 Å². The summed E-state index contributed by atoms with van der Waals surface area (Å²) in [6, 6.07) is 2.18. The van der Waals surface area contributed by atoms with Gasteiger partial charge >= 0.3 is 11.9 Å². The Kier molecular flexibility index (Phi) is 7.62. The number of hydrazone groups is 1. The zero-order valence-corrected chi connectivity index (χ0v) is 12.7. The van der Waals surface area contributed by atoms with Gasteiger partial charge in [0.15, 0.2) is 5.76 Å². The summed E-state index contributed by atoms with van der Waals surface area (Å²) in [5.74, 6) is -0.184. The first kappa shape index (κ1) is 17.6. The normalized spacial score (nSPS) is 11.0. The predicted octanol–water partition coefficient (Wildman–Crippen LogP) is 1.55. The van der Waals surface area contributed by atoms with Crippen molar-refractivity contribution in [1.29, 1.82) is 0 Å². The Hall–Kier alpha value is -2.42. The summed E-state index contributed by atoms with van der Waals surface area (Å²) in [7, 11) is 0. The molecule has 0 spiro atoms. The number of nitro groups is 1. The van der Waals surface area contributed by atoms with Gasteiger partial charge in [0.05, 0.1) is 12.3 Å². The average molecular weight is 311 g/mol. The highest BCUT2D eigenvalue weighted by Crippen LogP contribution is 2.13. The van der Waals surface area contributed by atoms with Gasteiger partial charge in [-0.15, -0.1) is 0 Å². The summed E-state index contributed by atoms with van der Waals surface area (Å²) < 4.78 is 4.85. The number of hydrogen-bond acceptors (Lipinski definition) is 6. The number of nitrogens with zero attached hydrogens (tertiary/aromatic N) is 3. The summed E-state index contributed by atoms with van der Waals surface area (Å²) >= 11 is 0. The number of furan rings is 1. The standard InChI is InChI=1S/C13H21N5O4/c1-3-17(4-2)9-5-8-14-13(19)16-15-10-11-6-7-12(22-11)18(20)21/h6-7,10H,3-5,8-9H2,1-2H3,(H2,14,16,19). The fraction of sp³-hybridized carbons (Fsp3) is 0.538. The van der Waals surface area contributed by atoms with Crippen LogP contribution < -0.4 is 10.7 Å². The number of carbonyl (C=O) groups excluding carboxylic acids is 1. The van der Waals surface area contributed by atoms with Crippen LogP contribution in [0.3, 0.4) is 0 Å². The van der Waals surface area contributed by atoms with Gasteiger partial charge in [-0.25, -0.2) is 10.2 Å². The van der Waals surface area contributed by atoms with Crippen LogP contribution in [0.25, 0.3) is 0 Å². The van der Waals surface area contributed by atoms with E-state index in [1.807, 2.05) is 0 Å². The van der Waals surface area contributed by atoms with Gasteiger partial charge in [-0.3, -0.25) is 10.1 Å². The molecule has 2 amide bonds. The Labute approximate surface area is 128 Å². The van der Waals surface area contributed by atoms with E-state index in [1.54, 1.807) is 0 Å². The lowest BCUT2D eigenvalue weighted by atomic mass is 10.3. The molecule has 0 aromatic carbocycles. The maximum atomic E-state index is 11.4. The van der Waals surface area contributed by atoms with Crippen molar-refractivity contribution in [2.24, 2.45) is 5.10 Å². The van der Waals surface area contributed by atoms with Crippen LogP contribution >= 0.6 is 0 Å². The highest BCUT2D eigenvalue weighted by molar-refractivity contribution is 5.79. The monoisotopic (exact) mass is 311 g/mol. The Bertz CT molecular complexity index is 510. The molecule has 9 nitrogen and oxygen atoms in total. The minimum atomic E-state index is -0.645. The molecule has 1 aromatic rings. The molecule has 1 aromatic heterocycles. The van der Waals surface area contributed by atoms with Crippen molar-refractivity contribution in [3.8, 4) is 0 Å². The number of hydrogen-bond donors (Lipinski definition) is 2. The molecule has 1 heterocycles. The fourth-order valence-electron chi connectivity index (χ4n) is 1.75. The molecule has 0 atom stereocenters. The molecule has 0 radical (unpaired) electrons. The Morgan fingerprint density at radius 2 is 2.18 bits per heavy atom. The number of rotatable bonds is 9. The van der Waals surface area contributed by atoms with E-state index in [2.05, 4.69) is 34.6 Å². The van der Waals surface area contributed by atoms with Gasteiger partial charge < -0.3 is 14.6 Å². The van der Waals surface area contributed by atoms with Crippen LogP contribution in [0, 0.1) is 10.1 Å². The van der Waals surface area contributed by atoms with Crippen molar-refractivity contribution in [3.63, 3.8) is 0 Å². The first-order valence-corrected chi connectivity index (χ1v) is 7.10. The highest BCUT2D eigenvalue weighted by Gasteiger charge is 2.10. The number of carbonyl (C=O) groups is 1. The van der Waals surface area contributed by atoms with Gasteiger partial charge in [-0.05, 0) is 32.1 Å². The maximum Gasteiger partial charge on any atom is 0.433 e. The van der Waals surface area contributed by atoms with E-state index in [0.717, 1.165) is 26.1 Å². The van der Waals surface area contributed by atoms with Crippen molar-refractivity contribution >= 4 is 18.1 Å². The molecular formula is C13H21N5O4. The van der Waals surface area contributed by atoms with Crippen LogP contribution in [0.2, 0.25) is 0 Å². The van der Waals surface area contributed by atoms with Crippen LogP contribution in [-0.2, 0) is 0 Å².